The Morgan fingerprint density at radius 1 is 1.23 bits per heavy atom. The van der Waals surface area contributed by atoms with Crippen molar-refractivity contribution in [3.63, 3.8) is 0 Å². The Morgan fingerprint density at radius 3 is 2.61 bits per heavy atom. The summed E-state index contributed by atoms with van der Waals surface area (Å²) in [5, 5.41) is 3.53. The Balaban J connectivity index is 1.59. The lowest BCUT2D eigenvalue weighted by molar-refractivity contribution is -0.115. The minimum atomic E-state index is -3.76. The quantitative estimate of drug-likeness (QED) is 0.541. The van der Waals surface area contributed by atoms with Crippen LogP contribution in [0.5, 0.6) is 0 Å². The summed E-state index contributed by atoms with van der Waals surface area (Å²) in [5.41, 5.74) is 14.1. The summed E-state index contributed by atoms with van der Waals surface area (Å²) in [7, 11) is -3.76. The Kier molecular flexibility index (Phi) is 5.74. The van der Waals surface area contributed by atoms with Crippen LogP contribution >= 0.6 is 11.6 Å². The number of amidine groups is 1. The molecule has 0 saturated carbocycles. The molecule has 6 N–H and O–H groups in total. The van der Waals surface area contributed by atoms with Gasteiger partial charge >= 0.3 is 0 Å². The number of aliphatic imine (C=N–C) groups is 1. The number of hydrogen-bond donors (Lipinski definition) is 4. The number of nitrogens with two attached hydrogens (primary N) is 2. The van der Waals surface area contributed by atoms with Crippen LogP contribution in [0.15, 0.2) is 75.4 Å². The fourth-order valence-corrected chi connectivity index (χ4v) is 5.32. The van der Waals surface area contributed by atoms with Gasteiger partial charge in [-0.3, -0.25) is 9.52 Å². The van der Waals surface area contributed by atoms with Gasteiger partial charge in [-0.2, -0.15) is 0 Å². The lowest BCUT2D eigenvalue weighted by Crippen LogP contribution is -2.42. The first kappa shape index (κ1) is 21.4. The molecule has 4 rings (SSSR count). The van der Waals surface area contributed by atoms with Crippen molar-refractivity contribution in [3.05, 3.63) is 75.5 Å². The number of Topliss-reactive ketones (excluding diaryl/α,β-unsaturated/α-hetero) is 1. The van der Waals surface area contributed by atoms with Crippen LogP contribution in [-0.2, 0) is 14.8 Å². The number of nitrogens with one attached hydrogen (secondary N) is 2. The minimum absolute atomic E-state index is 0.0537. The van der Waals surface area contributed by atoms with Crippen LogP contribution in [0.3, 0.4) is 0 Å². The number of anilines is 1. The average molecular weight is 460 g/mol. The van der Waals surface area contributed by atoms with Gasteiger partial charge in [-0.1, -0.05) is 23.8 Å². The zero-order valence-corrected chi connectivity index (χ0v) is 18.1. The first-order chi connectivity index (χ1) is 14.8. The van der Waals surface area contributed by atoms with Crippen molar-refractivity contribution in [1.82, 2.24) is 5.32 Å². The van der Waals surface area contributed by atoms with Crippen molar-refractivity contribution in [1.29, 1.82) is 0 Å². The molecule has 0 saturated heterocycles. The summed E-state index contributed by atoms with van der Waals surface area (Å²) in [6.07, 6.45) is 6.77. The number of allylic oxidation sites excluding steroid dienone is 3. The molecule has 10 heteroatoms. The van der Waals surface area contributed by atoms with Gasteiger partial charge in [-0.15, -0.1) is 0 Å². The Hall–Kier alpha value is -2.88. The fourth-order valence-electron chi connectivity index (χ4n) is 4.05. The van der Waals surface area contributed by atoms with Gasteiger partial charge in [-0.25, -0.2) is 13.4 Å². The van der Waals surface area contributed by atoms with Gasteiger partial charge in [0.15, 0.2) is 5.78 Å². The highest BCUT2D eigenvalue weighted by Crippen LogP contribution is 2.40. The lowest BCUT2D eigenvalue weighted by atomic mass is 9.73. The number of hydrogen-bond acceptors (Lipinski definition) is 7. The van der Waals surface area contributed by atoms with Crippen molar-refractivity contribution in [2.24, 2.45) is 28.3 Å². The second-order valence-electron chi connectivity index (χ2n) is 7.46. The van der Waals surface area contributed by atoms with Crippen LogP contribution < -0.4 is 21.5 Å². The molecule has 2 unspecified atom stereocenters. The summed E-state index contributed by atoms with van der Waals surface area (Å²) in [4.78, 5) is 17.1. The molecule has 0 bridgehead atoms. The van der Waals surface area contributed by atoms with Crippen molar-refractivity contribution >= 4 is 38.9 Å². The van der Waals surface area contributed by atoms with E-state index in [0.717, 1.165) is 0 Å². The van der Waals surface area contributed by atoms with E-state index in [4.69, 9.17) is 23.1 Å². The van der Waals surface area contributed by atoms with E-state index in [1.165, 1.54) is 6.20 Å². The average Bonchev–Trinajstić information content (AvgIpc) is 2.74. The highest BCUT2D eigenvalue weighted by molar-refractivity contribution is 7.96. The molecule has 2 aliphatic heterocycles. The summed E-state index contributed by atoms with van der Waals surface area (Å²) >= 11 is 5.85. The third-order valence-electron chi connectivity index (χ3n) is 5.50. The first-order valence-electron chi connectivity index (χ1n) is 9.70. The van der Waals surface area contributed by atoms with Crippen LogP contribution in [0, 0.1) is 11.8 Å². The molecule has 0 fully saturated rings. The maximum atomic E-state index is 12.8. The lowest BCUT2D eigenvalue weighted by Gasteiger charge is -2.35. The van der Waals surface area contributed by atoms with E-state index < -0.39 is 10.0 Å². The molecule has 0 spiro atoms. The largest absolute Gasteiger partial charge is 0.404 e. The van der Waals surface area contributed by atoms with Crippen molar-refractivity contribution in [2.45, 2.75) is 6.42 Å². The number of nitrogens with zero attached hydrogens (tertiary/aromatic N) is 1. The van der Waals surface area contributed by atoms with E-state index in [1.54, 1.807) is 42.5 Å². The molecule has 2 heterocycles. The van der Waals surface area contributed by atoms with E-state index in [9.17, 15) is 13.2 Å². The molecule has 0 amide bonds. The molecule has 0 radical (unpaired) electrons. The van der Waals surface area contributed by atoms with E-state index >= 15 is 0 Å². The summed E-state index contributed by atoms with van der Waals surface area (Å²) in [6, 6.07) is 6.40. The minimum Gasteiger partial charge on any atom is -0.404 e. The molecule has 3 aliphatic rings. The second-order valence-corrected chi connectivity index (χ2v) is 9.58. The van der Waals surface area contributed by atoms with Gasteiger partial charge in [0.1, 0.15) is 5.84 Å². The van der Waals surface area contributed by atoms with Crippen LogP contribution in [-0.4, -0.2) is 33.1 Å². The van der Waals surface area contributed by atoms with Crippen molar-refractivity contribution < 1.29 is 13.2 Å². The maximum Gasteiger partial charge on any atom is 0.261 e. The molecule has 2 atom stereocenters. The fraction of sp³-hybridized carbons (Fsp3) is 0.238. The molecule has 8 nitrogen and oxygen atoms in total. The molecule has 1 aromatic carbocycles. The Morgan fingerprint density at radius 2 is 1.97 bits per heavy atom. The molecular formula is C21H22ClN5O3S. The Bertz CT molecular complexity index is 1180. The molecule has 0 aromatic heterocycles. The monoisotopic (exact) mass is 459 g/mol. The molecule has 162 valence electrons. The first-order valence-corrected chi connectivity index (χ1v) is 11.6. The zero-order chi connectivity index (χ0) is 22.2. The van der Waals surface area contributed by atoms with Crippen LogP contribution in [0.2, 0.25) is 5.02 Å². The highest BCUT2D eigenvalue weighted by Gasteiger charge is 2.39. The topological polar surface area (TPSA) is 140 Å². The van der Waals surface area contributed by atoms with Gasteiger partial charge in [0.2, 0.25) is 0 Å². The molecular weight excluding hydrogens is 438 g/mol. The highest BCUT2D eigenvalue weighted by atomic mass is 35.5. The Labute approximate surface area is 185 Å². The van der Waals surface area contributed by atoms with Gasteiger partial charge in [0.25, 0.3) is 10.0 Å². The predicted octanol–water partition coefficient (Wildman–Crippen LogP) is 1.80. The smallest absolute Gasteiger partial charge is 0.261 e. The van der Waals surface area contributed by atoms with Crippen molar-refractivity contribution in [3.8, 4) is 0 Å². The summed E-state index contributed by atoms with van der Waals surface area (Å²) in [5.74, 6) is -0.316. The zero-order valence-electron chi connectivity index (χ0n) is 16.5. The number of halogens is 1. The van der Waals surface area contributed by atoms with Crippen LogP contribution in [0.4, 0.5) is 5.69 Å². The number of carbonyl (C=O) groups excluding carboxylic acids is 1. The number of benzene rings is 1. The van der Waals surface area contributed by atoms with Crippen LogP contribution in [0.1, 0.15) is 6.42 Å². The number of rotatable bonds is 4. The van der Waals surface area contributed by atoms with Gasteiger partial charge in [0, 0.05) is 40.5 Å². The third kappa shape index (κ3) is 4.16. The van der Waals surface area contributed by atoms with Gasteiger partial charge in [0.05, 0.1) is 17.1 Å². The van der Waals surface area contributed by atoms with Gasteiger partial charge < -0.3 is 16.8 Å². The molecule has 31 heavy (non-hydrogen) atoms. The standard InChI is InChI=1S/C21H22ClN5O3S/c22-13-3-5-14(6-4-13)27-31(29,30)15-7-1-12(2-8-15)19-16(9-23)21(24)26-17-10-25-11-18(28)20(17)19/h1,3-9,12,19,25,27H,2,10-11,23H2,(H2,24,26)/b16-9-. The third-order valence-corrected chi connectivity index (χ3v) is 7.18. The van der Waals surface area contributed by atoms with E-state index in [1.807, 2.05) is 0 Å². The second kappa shape index (κ2) is 8.33. The summed E-state index contributed by atoms with van der Waals surface area (Å²) < 4.78 is 28.1. The van der Waals surface area contributed by atoms with Crippen molar-refractivity contribution in [2.75, 3.05) is 17.8 Å². The number of sulfonamides is 1. The van der Waals surface area contributed by atoms with Gasteiger partial charge in [-0.05, 0) is 42.7 Å². The molecule has 1 aliphatic carbocycles. The van der Waals surface area contributed by atoms with Crippen LogP contribution in [0.25, 0.3) is 0 Å². The number of ketones is 1. The number of carbonyl (C=O) groups is 1. The predicted molar refractivity (Wildman–Crippen MR) is 122 cm³/mol. The SMILES string of the molecule is N/C=C1\C(N)=NC2=C(C(=O)CNC2)C1C1C=CC(S(=O)(=O)Nc2ccc(Cl)cc2)=CC1. The summed E-state index contributed by atoms with van der Waals surface area (Å²) in [6.45, 7) is 0.673. The maximum absolute atomic E-state index is 12.8. The normalized spacial score (nSPS) is 25.2. The van der Waals surface area contributed by atoms with E-state index in [0.29, 0.717) is 40.5 Å². The van der Waals surface area contributed by atoms with E-state index in [2.05, 4.69) is 15.0 Å². The van der Waals surface area contributed by atoms with E-state index in [-0.39, 0.29) is 34.9 Å². The molecule has 1 aromatic rings.